The van der Waals surface area contributed by atoms with Crippen LogP contribution < -0.4 is 0 Å². The van der Waals surface area contributed by atoms with Crippen molar-refractivity contribution in [1.82, 2.24) is 9.80 Å². The summed E-state index contributed by atoms with van der Waals surface area (Å²) >= 11 is 12.9. The summed E-state index contributed by atoms with van der Waals surface area (Å²) < 4.78 is 0.873. The zero-order chi connectivity index (χ0) is 13.8. The standard InChI is InChI=1S/C13H15Br2ClN2O/c14-3-4-17-5-7-18(8-6-17)13(19)11-9-10(15)1-2-12(11)16/h1-2,9H,3-8H2. The minimum atomic E-state index is 0.0183. The lowest BCUT2D eigenvalue weighted by atomic mass is 10.2. The van der Waals surface area contributed by atoms with Crippen LogP contribution >= 0.6 is 43.5 Å². The van der Waals surface area contributed by atoms with E-state index < -0.39 is 0 Å². The molecular weight excluding hydrogens is 395 g/mol. The van der Waals surface area contributed by atoms with E-state index in [1.165, 1.54) is 0 Å². The number of piperazine rings is 1. The van der Waals surface area contributed by atoms with Crippen molar-refractivity contribution >= 4 is 49.4 Å². The molecule has 0 radical (unpaired) electrons. The maximum Gasteiger partial charge on any atom is 0.255 e. The molecule has 0 saturated carbocycles. The van der Waals surface area contributed by atoms with Gasteiger partial charge in [0.05, 0.1) is 10.6 Å². The molecule has 0 N–H and O–H groups in total. The Kier molecular flexibility index (Phi) is 5.69. The van der Waals surface area contributed by atoms with Gasteiger partial charge in [0, 0.05) is 42.5 Å². The molecule has 104 valence electrons. The van der Waals surface area contributed by atoms with Crippen LogP contribution in [-0.2, 0) is 0 Å². The average molecular weight is 411 g/mol. The smallest absolute Gasteiger partial charge is 0.255 e. The van der Waals surface area contributed by atoms with Gasteiger partial charge in [-0.25, -0.2) is 0 Å². The Bertz CT molecular complexity index is 462. The number of carbonyl (C=O) groups is 1. The summed E-state index contributed by atoms with van der Waals surface area (Å²) in [5.74, 6) is 0.0183. The molecule has 1 amide bonds. The molecule has 1 saturated heterocycles. The number of hydrogen-bond acceptors (Lipinski definition) is 2. The van der Waals surface area contributed by atoms with Gasteiger partial charge in [0.2, 0.25) is 0 Å². The van der Waals surface area contributed by atoms with Crippen LogP contribution in [0.25, 0.3) is 0 Å². The molecule has 1 aliphatic heterocycles. The Morgan fingerprint density at radius 1 is 1.26 bits per heavy atom. The van der Waals surface area contributed by atoms with Crippen LogP contribution in [0.5, 0.6) is 0 Å². The van der Waals surface area contributed by atoms with E-state index in [1.807, 2.05) is 11.0 Å². The van der Waals surface area contributed by atoms with Gasteiger partial charge in [-0.3, -0.25) is 9.69 Å². The molecule has 6 heteroatoms. The molecule has 0 atom stereocenters. The Morgan fingerprint density at radius 2 is 1.95 bits per heavy atom. The SMILES string of the molecule is O=C(c1cc(Br)ccc1Cl)N1CCN(CCBr)CC1. The topological polar surface area (TPSA) is 23.6 Å². The lowest BCUT2D eigenvalue weighted by molar-refractivity contribution is 0.0645. The molecule has 0 spiro atoms. The zero-order valence-corrected chi connectivity index (χ0v) is 14.3. The maximum absolute atomic E-state index is 12.4. The molecule has 2 rings (SSSR count). The van der Waals surface area contributed by atoms with Gasteiger partial charge in [-0.05, 0) is 18.2 Å². The molecule has 1 heterocycles. The summed E-state index contributed by atoms with van der Waals surface area (Å²) in [6, 6.07) is 5.38. The number of rotatable bonds is 3. The molecule has 3 nitrogen and oxygen atoms in total. The van der Waals surface area contributed by atoms with Crippen LogP contribution in [0.1, 0.15) is 10.4 Å². The van der Waals surface area contributed by atoms with Crippen LogP contribution in [0.2, 0.25) is 5.02 Å². The highest BCUT2D eigenvalue weighted by Gasteiger charge is 2.23. The lowest BCUT2D eigenvalue weighted by Crippen LogP contribution is -2.49. The molecule has 0 aromatic heterocycles. The third kappa shape index (κ3) is 3.94. The van der Waals surface area contributed by atoms with Crippen molar-refractivity contribution in [2.75, 3.05) is 38.1 Å². The largest absolute Gasteiger partial charge is 0.336 e. The average Bonchev–Trinajstić information content (AvgIpc) is 2.42. The van der Waals surface area contributed by atoms with Crippen molar-refractivity contribution in [2.45, 2.75) is 0 Å². The van der Waals surface area contributed by atoms with Crippen molar-refractivity contribution in [3.8, 4) is 0 Å². The highest BCUT2D eigenvalue weighted by atomic mass is 79.9. The van der Waals surface area contributed by atoms with E-state index in [2.05, 4.69) is 36.8 Å². The second kappa shape index (κ2) is 7.07. The first-order valence-electron chi connectivity index (χ1n) is 6.14. The van der Waals surface area contributed by atoms with E-state index in [9.17, 15) is 4.79 Å². The zero-order valence-electron chi connectivity index (χ0n) is 10.4. The number of halogens is 3. The van der Waals surface area contributed by atoms with Gasteiger partial charge in [-0.2, -0.15) is 0 Å². The van der Waals surface area contributed by atoms with Gasteiger partial charge in [-0.1, -0.05) is 43.5 Å². The molecule has 1 aliphatic rings. The molecule has 0 aliphatic carbocycles. The van der Waals surface area contributed by atoms with Crippen LogP contribution in [0.4, 0.5) is 0 Å². The van der Waals surface area contributed by atoms with Gasteiger partial charge in [0.15, 0.2) is 0 Å². The number of amides is 1. The predicted molar refractivity (Wildman–Crippen MR) is 85.3 cm³/mol. The van der Waals surface area contributed by atoms with Crippen LogP contribution in [0.3, 0.4) is 0 Å². The first-order chi connectivity index (χ1) is 9.11. The highest BCUT2D eigenvalue weighted by molar-refractivity contribution is 9.10. The van der Waals surface area contributed by atoms with Crippen LogP contribution in [-0.4, -0.2) is 53.8 Å². The summed E-state index contributed by atoms with van der Waals surface area (Å²) in [4.78, 5) is 16.7. The summed E-state index contributed by atoms with van der Waals surface area (Å²) in [5.41, 5.74) is 0.574. The van der Waals surface area contributed by atoms with Crippen molar-refractivity contribution in [3.05, 3.63) is 33.3 Å². The van der Waals surface area contributed by atoms with Crippen molar-refractivity contribution < 1.29 is 4.79 Å². The molecule has 0 bridgehead atoms. The van der Waals surface area contributed by atoms with E-state index in [4.69, 9.17) is 11.6 Å². The Hall–Kier alpha value is -0.100. The van der Waals surface area contributed by atoms with Crippen molar-refractivity contribution in [2.24, 2.45) is 0 Å². The minimum Gasteiger partial charge on any atom is -0.336 e. The van der Waals surface area contributed by atoms with E-state index in [0.29, 0.717) is 10.6 Å². The highest BCUT2D eigenvalue weighted by Crippen LogP contribution is 2.23. The lowest BCUT2D eigenvalue weighted by Gasteiger charge is -2.34. The number of nitrogens with zero attached hydrogens (tertiary/aromatic N) is 2. The van der Waals surface area contributed by atoms with E-state index in [0.717, 1.165) is 42.5 Å². The Morgan fingerprint density at radius 3 is 2.58 bits per heavy atom. The normalized spacial score (nSPS) is 16.7. The second-order valence-corrected chi connectivity index (χ2v) is 6.56. The minimum absolute atomic E-state index is 0.0183. The number of benzene rings is 1. The third-order valence-electron chi connectivity index (χ3n) is 3.22. The Balaban J connectivity index is 2.03. The van der Waals surface area contributed by atoms with Crippen LogP contribution in [0, 0.1) is 0 Å². The molecule has 1 aromatic rings. The van der Waals surface area contributed by atoms with E-state index >= 15 is 0 Å². The third-order valence-corrected chi connectivity index (χ3v) is 4.40. The molecular formula is C13H15Br2ClN2O. The molecule has 1 aromatic carbocycles. The Labute approximate surface area is 135 Å². The van der Waals surface area contributed by atoms with Gasteiger partial charge in [-0.15, -0.1) is 0 Å². The number of hydrogen-bond donors (Lipinski definition) is 0. The second-order valence-electron chi connectivity index (χ2n) is 4.45. The van der Waals surface area contributed by atoms with E-state index in [-0.39, 0.29) is 5.91 Å². The van der Waals surface area contributed by atoms with Gasteiger partial charge in [0.25, 0.3) is 5.91 Å². The van der Waals surface area contributed by atoms with Crippen molar-refractivity contribution in [3.63, 3.8) is 0 Å². The first-order valence-corrected chi connectivity index (χ1v) is 8.43. The van der Waals surface area contributed by atoms with Gasteiger partial charge < -0.3 is 4.90 Å². The summed E-state index contributed by atoms with van der Waals surface area (Å²) in [6.07, 6.45) is 0. The maximum atomic E-state index is 12.4. The van der Waals surface area contributed by atoms with Gasteiger partial charge >= 0.3 is 0 Å². The molecule has 19 heavy (non-hydrogen) atoms. The van der Waals surface area contributed by atoms with Crippen LogP contribution in [0.15, 0.2) is 22.7 Å². The molecule has 1 fully saturated rings. The quantitative estimate of drug-likeness (QED) is 0.715. The van der Waals surface area contributed by atoms with Gasteiger partial charge in [0.1, 0.15) is 0 Å². The fourth-order valence-corrected chi connectivity index (χ4v) is 3.19. The summed E-state index contributed by atoms with van der Waals surface area (Å²) in [6.45, 7) is 4.38. The number of carbonyl (C=O) groups excluding carboxylic acids is 1. The van der Waals surface area contributed by atoms with Crippen molar-refractivity contribution in [1.29, 1.82) is 0 Å². The summed E-state index contributed by atoms with van der Waals surface area (Å²) in [5, 5.41) is 1.48. The monoisotopic (exact) mass is 408 g/mol. The summed E-state index contributed by atoms with van der Waals surface area (Å²) in [7, 11) is 0. The number of alkyl halides is 1. The first kappa shape index (κ1) is 15.3. The fraction of sp³-hybridized carbons (Fsp3) is 0.462. The molecule has 0 unspecified atom stereocenters. The predicted octanol–water partition coefficient (Wildman–Crippen LogP) is 3.26. The fourth-order valence-electron chi connectivity index (χ4n) is 2.13. The van der Waals surface area contributed by atoms with E-state index in [1.54, 1.807) is 12.1 Å².